The summed E-state index contributed by atoms with van der Waals surface area (Å²) in [4.78, 5) is 30.5. The van der Waals surface area contributed by atoms with E-state index >= 15 is 0 Å². The van der Waals surface area contributed by atoms with Gasteiger partial charge in [-0.25, -0.2) is 9.67 Å². The zero-order valence-corrected chi connectivity index (χ0v) is 18.5. The number of esters is 1. The van der Waals surface area contributed by atoms with Crippen LogP contribution in [0.4, 0.5) is 5.69 Å². The molecule has 4 rings (SSSR count). The molecule has 2 heterocycles. The van der Waals surface area contributed by atoms with Gasteiger partial charge in [-0.05, 0) is 60.1 Å². The van der Waals surface area contributed by atoms with Crippen LogP contribution in [0.15, 0.2) is 63.2 Å². The van der Waals surface area contributed by atoms with Crippen molar-refractivity contribution >= 4 is 46.4 Å². The topological polar surface area (TPSA) is 65.6 Å². The summed E-state index contributed by atoms with van der Waals surface area (Å²) in [5, 5.41) is 0.650. The van der Waals surface area contributed by atoms with Crippen LogP contribution in [0.25, 0.3) is 0 Å². The molecule has 0 unspecified atom stereocenters. The molecule has 3 aromatic rings. The third-order valence-corrected chi connectivity index (χ3v) is 6.69. The lowest BCUT2D eigenvalue weighted by molar-refractivity contribution is -0.141. The Hall–Kier alpha value is -2.29. The van der Waals surface area contributed by atoms with Crippen molar-refractivity contribution in [3.05, 3.63) is 73.6 Å². The van der Waals surface area contributed by atoms with Gasteiger partial charge in [0, 0.05) is 23.0 Å². The Morgan fingerprint density at radius 3 is 2.70 bits per heavy atom. The molecule has 9 heteroatoms. The molecule has 0 spiro atoms. The maximum Gasteiger partial charge on any atom is 0.325 e. The van der Waals surface area contributed by atoms with Gasteiger partial charge >= 0.3 is 10.8 Å². The molecule has 0 aliphatic carbocycles. The number of thioether (sulfide) groups is 1. The number of nitrogens with zero attached hydrogens (tertiary/aromatic N) is 3. The second-order valence-corrected chi connectivity index (χ2v) is 9.19. The largest absolute Gasteiger partial charge is 0.460 e. The van der Waals surface area contributed by atoms with Crippen LogP contribution in [0.1, 0.15) is 18.4 Å². The highest BCUT2D eigenvalue weighted by Crippen LogP contribution is 2.23. The number of fused-ring (bicyclic) bond motifs is 1. The van der Waals surface area contributed by atoms with E-state index in [4.69, 9.17) is 16.3 Å². The minimum Gasteiger partial charge on any atom is -0.460 e. The number of halogens is 1. The molecule has 0 bridgehead atoms. The second-order valence-electron chi connectivity index (χ2n) is 6.79. The van der Waals surface area contributed by atoms with Gasteiger partial charge in [0.25, 0.3) is 0 Å². The van der Waals surface area contributed by atoms with E-state index in [0.717, 1.165) is 42.1 Å². The number of ether oxygens (including phenoxy) is 1. The molecule has 0 fully saturated rings. The fourth-order valence-electron chi connectivity index (χ4n) is 3.10. The Kier molecular flexibility index (Phi) is 6.76. The molecule has 30 heavy (non-hydrogen) atoms. The average Bonchev–Trinajstić information content (AvgIpc) is 3.08. The van der Waals surface area contributed by atoms with Gasteiger partial charge in [0.15, 0.2) is 0 Å². The smallest absolute Gasteiger partial charge is 0.325 e. The van der Waals surface area contributed by atoms with Crippen molar-refractivity contribution in [3.8, 4) is 0 Å². The summed E-state index contributed by atoms with van der Waals surface area (Å²) in [5.41, 5.74) is 1.66. The molecule has 0 radical (unpaired) electrons. The Balaban J connectivity index is 1.39. The van der Waals surface area contributed by atoms with Crippen molar-refractivity contribution in [3.63, 3.8) is 0 Å². The van der Waals surface area contributed by atoms with E-state index in [9.17, 15) is 9.59 Å². The summed E-state index contributed by atoms with van der Waals surface area (Å²) >= 11 is 8.42. The molecule has 0 saturated heterocycles. The summed E-state index contributed by atoms with van der Waals surface area (Å²) < 4.78 is 9.04. The quantitative estimate of drug-likeness (QED) is 0.407. The van der Waals surface area contributed by atoms with Crippen molar-refractivity contribution in [2.75, 3.05) is 5.75 Å². The number of carbonyl (C=O) groups is 1. The van der Waals surface area contributed by atoms with Gasteiger partial charge in [0.05, 0.1) is 11.4 Å². The predicted molar refractivity (Wildman–Crippen MR) is 119 cm³/mol. The van der Waals surface area contributed by atoms with E-state index in [-0.39, 0.29) is 23.2 Å². The molecule has 1 aliphatic heterocycles. The van der Waals surface area contributed by atoms with Crippen LogP contribution in [-0.4, -0.2) is 21.1 Å². The highest BCUT2D eigenvalue weighted by molar-refractivity contribution is 8.00. The first-order valence-electron chi connectivity index (χ1n) is 9.57. The van der Waals surface area contributed by atoms with Crippen LogP contribution in [0.2, 0.25) is 5.02 Å². The van der Waals surface area contributed by atoms with Gasteiger partial charge in [-0.2, -0.15) is 0 Å². The van der Waals surface area contributed by atoms with Crippen molar-refractivity contribution in [1.82, 2.24) is 9.36 Å². The van der Waals surface area contributed by atoms with Gasteiger partial charge in [0.2, 0.25) is 4.80 Å². The lowest BCUT2D eigenvalue weighted by atomic mass is 10.2. The van der Waals surface area contributed by atoms with Gasteiger partial charge in [-0.3, -0.25) is 14.3 Å². The minimum absolute atomic E-state index is 0.0300. The molecule has 0 atom stereocenters. The van der Waals surface area contributed by atoms with E-state index < -0.39 is 0 Å². The average molecular weight is 462 g/mol. The van der Waals surface area contributed by atoms with Gasteiger partial charge in [-0.1, -0.05) is 29.8 Å². The summed E-state index contributed by atoms with van der Waals surface area (Å²) in [6, 6.07) is 14.9. The number of benzene rings is 2. The Labute approximate surface area is 186 Å². The van der Waals surface area contributed by atoms with E-state index in [1.807, 2.05) is 41.1 Å². The second kappa shape index (κ2) is 9.68. The van der Waals surface area contributed by atoms with Crippen molar-refractivity contribution in [1.29, 1.82) is 0 Å². The van der Waals surface area contributed by atoms with Crippen molar-refractivity contribution in [2.24, 2.45) is 4.99 Å². The number of aromatic nitrogens is 2. The summed E-state index contributed by atoms with van der Waals surface area (Å²) in [6.45, 7) is 1.78. The fraction of sp³-hybridized carbons (Fsp3) is 0.286. The summed E-state index contributed by atoms with van der Waals surface area (Å²) in [6.07, 6.45) is 2.08. The molecular weight excluding hydrogens is 442 g/mol. The number of rotatable bonds is 6. The predicted octanol–water partition coefficient (Wildman–Crippen LogP) is 4.23. The van der Waals surface area contributed by atoms with E-state index in [1.165, 1.54) is 23.1 Å². The third-order valence-electron chi connectivity index (χ3n) is 4.60. The molecule has 2 aromatic carbocycles. The molecule has 156 valence electrons. The number of hydrogen-bond acceptors (Lipinski definition) is 6. The molecular formula is C21H20ClN3O3S2. The van der Waals surface area contributed by atoms with Crippen molar-refractivity contribution in [2.45, 2.75) is 37.4 Å². The Morgan fingerprint density at radius 2 is 1.90 bits per heavy atom. The lowest BCUT2D eigenvalue weighted by Gasteiger charge is -2.15. The van der Waals surface area contributed by atoms with Crippen molar-refractivity contribution < 1.29 is 9.53 Å². The van der Waals surface area contributed by atoms with Gasteiger partial charge < -0.3 is 4.74 Å². The molecule has 1 aromatic heterocycles. The van der Waals surface area contributed by atoms with Crippen LogP contribution in [0.5, 0.6) is 0 Å². The summed E-state index contributed by atoms with van der Waals surface area (Å²) in [7, 11) is 0. The molecule has 1 aliphatic rings. The monoisotopic (exact) mass is 461 g/mol. The Morgan fingerprint density at radius 1 is 1.13 bits per heavy atom. The SMILES string of the molecule is O=C(CSc1cccc(N=c2sc(=O)n3n2CCCC3)c1)OCc1ccc(Cl)cc1. The zero-order chi connectivity index (χ0) is 20.9. The highest BCUT2D eigenvalue weighted by atomic mass is 35.5. The van der Waals surface area contributed by atoms with E-state index in [1.54, 1.807) is 16.8 Å². The van der Waals surface area contributed by atoms with Crippen LogP contribution in [0, 0.1) is 0 Å². The first-order valence-corrected chi connectivity index (χ1v) is 11.7. The fourth-order valence-corrected chi connectivity index (χ4v) is 4.87. The highest BCUT2D eigenvalue weighted by Gasteiger charge is 2.13. The zero-order valence-electron chi connectivity index (χ0n) is 16.1. The molecule has 0 amide bonds. The third kappa shape index (κ3) is 5.24. The van der Waals surface area contributed by atoms with Gasteiger partial charge in [-0.15, -0.1) is 11.8 Å². The maximum atomic E-state index is 12.1. The summed E-state index contributed by atoms with van der Waals surface area (Å²) in [5.74, 6) is -0.0756. The molecule has 0 N–H and O–H groups in total. The normalized spacial score (nSPS) is 13.8. The molecule has 0 saturated carbocycles. The van der Waals surface area contributed by atoms with Crippen LogP contribution in [0.3, 0.4) is 0 Å². The van der Waals surface area contributed by atoms with E-state index in [0.29, 0.717) is 9.82 Å². The number of carbonyl (C=O) groups excluding carboxylic acids is 1. The lowest BCUT2D eigenvalue weighted by Crippen LogP contribution is -2.31. The number of hydrogen-bond donors (Lipinski definition) is 0. The van der Waals surface area contributed by atoms with Crippen LogP contribution >= 0.6 is 34.7 Å². The minimum atomic E-state index is -0.285. The standard InChI is InChI=1S/C21H20ClN3O3S2/c22-16-8-6-15(7-9-16)13-28-19(26)14-29-18-5-3-4-17(12-18)23-20-24-10-1-2-11-25(24)21(27)30-20/h3-9,12H,1-2,10-11,13-14H2. The van der Waals surface area contributed by atoms with Crippen LogP contribution in [-0.2, 0) is 29.2 Å². The molecule has 6 nitrogen and oxygen atoms in total. The first kappa shape index (κ1) is 21.0. The maximum absolute atomic E-state index is 12.1. The Bertz CT molecular complexity index is 1170. The first-order chi connectivity index (χ1) is 14.6. The van der Waals surface area contributed by atoms with Crippen LogP contribution < -0.4 is 9.67 Å². The van der Waals surface area contributed by atoms with E-state index in [2.05, 4.69) is 4.99 Å². The van der Waals surface area contributed by atoms with Gasteiger partial charge in [0.1, 0.15) is 6.61 Å².